The van der Waals surface area contributed by atoms with E-state index in [1.165, 1.54) is 38.5 Å². The number of aromatic nitrogens is 10. The van der Waals surface area contributed by atoms with E-state index < -0.39 is 0 Å². The van der Waals surface area contributed by atoms with E-state index >= 15 is 0 Å². The van der Waals surface area contributed by atoms with Crippen molar-refractivity contribution in [2.75, 3.05) is 23.7 Å². The van der Waals surface area contributed by atoms with Crippen molar-refractivity contribution in [1.82, 2.24) is 49.1 Å². The fourth-order valence-electron chi connectivity index (χ4n) is 12.8. The lowest BCUT2D eigenvalue weighted by molar-refractivity contribution is -0.0990. The second-order valence-corrected chi connectivity index (χ2v) is 28.5. The molecule has 2 atom stereocenters. The summed E-state index contributed by atoms with van der Waals surface area (Å²) in [7, 11) is 3.52. The highest BCUT2D eigenvalue weighted by Crippen LogP contribution is 2.63. The molecule has 4 aromatic carbocycles. The molecule has 6 aliphatic rings. The van der Waals surface area contributed by atoms with Crippen LogP contribution in [0.2, 0.25) is 10.0 Å². The molecule has 6 fully saturated rings. The standard InChI is InChI=1S/C34H34ClN7O.C18H19N5O.C15H15BrClN3/c1-33(2,3)19-38-30-22(16-36)17-37-31-27(30)11-20(12-28(31)35)10-26(29-18-42(40-39-29)34-13-21(14-34)15-34)23-6-5-7-25-24(23)8-9-41(4)32(25)43;1-22-6-5-12-13(3-2-4-14(12)17(22)24)16(19)15-10-23(21-20-15)18-7-11(8-18)9-18;1-15(2,3)8-20-13-9(6-18)7-19-14-11(13)4-10(16)5-12(14)17/h5-9,11-12,17-18,21,26H,10,13-15,19H2,1-4H3,(H,37,38);2-6,10-11,16H,7-9,19H2,1H3;4-5,7H,8H2,1-3H3,(H,19,20)/t21?,26-,34?;11?,16-,18?;/m00./s1. The maximum Gasteiger partial charge on any atom is 0.258 e. The number of nitrogens with two attached hydrogens (primary N) is 1. The molecule has 87 heavy (non-hydrogen) atoms. The number of anilines is 2. The number of nitrogens with zero attached hydrogens (tertiary/aromatic N) is 12. The molecule has 6 saturated carbocycles. The van der Waals surface area contributed by atoms with Crippen LogP contribution >= 0.6 is 39.1 Å². The van der Waals surface area contributed by atoms with Crippen LogP contribution in [0.15, 0.2) is 124 Å². The van der Waals surface area contributed by atoms with Crippen molar-refractivity contribution in [1.29, 1.82) is 10.5 Å². The van der Waals surface area contributed by atoms with Gasteiger partial charge in [-0.15, -0.1) is 10.2 Å². The molecule has 20 heteroatoms. The topological polar surface area (TPSA) is 229 Å². The summed E-state index contributed by atoms with van der Waals surface area (Å²) in [4.78, 5) is 34.2. The Morgan fingerprint density at radius 2 is 1.10 bits per heavy atom. The number of benzene rings is 4. The summed E-state index contributed by atoms with van der Waals surface area (Å²) in [6.07, 6.45) is 18.6. The molecule has 0 radical (unpaired) electrons. The summed E-state index contributed by atoms with van der Waals surface area (Å²) >= 11 is 16.5. The first-order valence-corrected chi connectivity index (χ1v) is 30.9. The van der Waals surface area contributed by atoms with E-state index in [4.69, 9.17) is 34.0 Å². The molecule has 444 valence electrons. The van der Waals surface area contributed by atoms with Crippen molar-refractivity contribution in [3.8, 4) is 12.1 Å². The Kier molecular flexibility index (Phi) is 15.4. The predicted octanol–water partition coefficient (Wildman–Crippen LogP) is 13.2. The van der Waals surface area contributed by atoms with Gasteiger partial charge in [-0.25, -0.2) is 9.36 Å². The largest absolute Gasteiger partial charge is 0.383 e. The fourth-order valence-corrected chi connectivity index (χ4v) is 14.0. The monoisotopic (exact) mass is 1260 g/mol. The summed E-state index contributed by atoms with van der Waals surface area (Å²) in [5, 5.41) is 49.9. The molecule has 6 aromatic heterocycles. The van der Waals surface area contributed by atoms with Crippen molar-refractivity contribution in [2.45, 2.75) is 110 Å². The third-order valence-corrected chi connectivity index (χ3v) is 18.9. The van der Waals surface area contributed by atoms with Crippen LogP contribution in [0, 0.1) is 45.3 Å². The van der Waals surface area contributed by atoms with Crippen LogP contribution in [-0.2, 0) is 31.6 Å². The van der Waals surface area contributed by atoms with E-state index in [0.29, 0.717) is 55.9 Å². The van der Waals surface area contributed by atoms with Crippen LogP contribution in [0.1, 0.15) is 131 Å². The molecule has 4 N–H and O–H groups in total. The molecule has 6 heterocycles. The number of fused-ring (bicyclic) bond motifs is 4. The maximum absolute atomic E-state index is 13.1. The average Bonchev–Trinajstić information content (AvgIpc) is 1.71. The molecule has 0 amide bonds. The quantitative estimate of drug-likeness (QED) is 0.103. The number of hydrogen-bond acceptors (Lipinski definition) is 13. The summed E-state index contributed by atoms with van der Waals surface area (Å²) in [6, 6.07) is 27.4. The first kappa shape index (κ1) is 59.3. The highest BCUT2D eigenvalue weighted by molar-refractivity contribution is 9.10. The van der Waals surface area contributed by atoms with E-state index in [-0.39, 0.29) is 45.0 Å². The van der Waals surface area contributed by atoms with E-state index in [1.807, 2.05) is 71.7 Å². The van der Waals surface area contributed by atoms with Gasteiger partial charge in [0, 0.05) is 90.1 Å². The predicted molar refractivity (Wildman–Crippen MR) is 347 cm³/mol. The molecular weight excluding hydrogens is 1200 g/mol. The fraction of sp³-hybridized carbons (Fsp3) is 0.373. The number of rotatable bonds is 12. The minimum atomic E-state index is -0.387. The van der Waals surface area contributed by atoms with Gasteiger partial charge < -0.3 is 25.5 Å². The normalized spacial score (nSPS) is 19.7. The van der Waals surface area contributed by atoms with Gasteiger partial charge in [0.05, 0.1) is 72.6 Å². The number of nitrogens with one attached hydrogen (secondary N) is 2. The Morgan fingerprint density at radius 3 is 1.59 bits per heavy atom. The number of nitriles is 2. The molecule has 17 nitrogen and oxygen atoms in total. The lowest BCUT2D eigenvalue weighted by atomic mass is 9.50. The Labute approximate surface area is 522 Å². The van der Waals surface area contributed by atoms with Crippen molar-refractivity contribution in [3.63, 3.8) is 0 Å². The minimum Gasteiger partial charge on any atom is -0.383 e. The minimum absolute atomic E-state index is 0.00641. The van der Waals surface area contributed by atoms with Crippen LogP contribution in [0.25, 0.3) is 43.4 Å². The number of pyridine rings is 4. The average molecular weight is 1270 g/mol. The van der Waals surface area contributed by atoms with Gasteiger partial charge in [-0.05, 0) is 144 Å². The first-order chi connectivity index (χ1) is 41.4. The van der Waals surface area contributed by atoms with Crippen molar-refractivity contribution in [2.24, 2.45) is 42.5 Å². The molecule has 6 aliphatic carbocycles. The van der Waals surface area contributed by atoms with E-state index in [0.717, 1.165) is 83.9 Å². The zero-order valence-electron chi connectivity index (χ0n) is 50.0. The zero-order valence-corrected chi connectivity index (χ0v) is 53.1. The lowest BCUT2D eigenvalue weighted by Gasteiger charge is -2.61. The maximum atomic E-state index is 13.1. The summed E-state index contributed by atoms with van der Waals surface area (Å²) in [5.74, 6) is 1.54. The number of aryl methyl sites for hydroxylation is 2. The van der Waals surface area contributed by atoms with E-state index in [1.54, 1.807) is 47.9 Å². The van der Waals surface area contributed by atoms with Crippen molar-refractivity contribution in [3.05, 3.63) is 184 Å². The van der Waals surface area contributed by atoms with Crippen LogP contribution in [-0.4, -0.2) is 62.2 Å². The van der Waals surface area contributed by atoms with Crippen LogP contribution in [0.4, 0.5) is 11.4 Å². The third kappa shape index (κ3) is 11.3. The van der Waals surface area contributed by atoms with E-state index in [2.05, 4.69) is 129 Å². The molecule has 0 aliphatic heterocycles. The van der Waals surface area contributed by atoms with Crippen molar-refractivity contribution < 1.29 is 0 Å². The highest BCUT2D eigenvalue weighted by atomic mass is 79.9. The summed E-state index contributed by atoms with van der Waals surface area (Å²) < 4.78 is 8.13. The molecule has 0 saturated heterocycles. The molecule has 10 aromatic rings. The van der Waals surface area contributed by atoms with Gasteiger partial charge in [-0.1, -0.05) is 115 Å². The second-order valence-electron chi connectivity index (χ2n) is 26.8. The molecule has 4 bridgehead atoms. The van der Waals surface area contributed by atoms with E-state index in [9.17, 15) is 20.1 Å². The van der Waals surface area contributed by atoms with Gasteiger partial charge >= 0.3 is 0 Å². The molecule has 16 rings (SSSR count). The lowest BCUT2D eigenvalue weighted by Crippen LogP contribution is -2.59. The number of hydrogen-bond donors (Lipinski definition) is 3. The second kappa shape index (κ2) is 22.6. The zero-order chi connectivity index (χ0) is 61.5. The van der Waals surface area contributed by atoms with Gasteiger partial charge in [-0.2, -0.15) is 10.5 Å². The van der Waals surface area contributed by atoms with Crippen LogP contribution in [0.3, 0.4) is 0 Å². The summed E-state index contributed by atoms with van der Waals surface area (Å²) in [6.45, 7) is 14.3. The SMILES string of the molecule is CC(C)(C)CNc1c(C#N)cnc2c(Cl)cc(Br)cc12.Cn1ccc2c([C@H](Cc3cc(Cl)c4ncc(C#N)c(NCC(C)(C)C)c4c3)c3cn(C45CC(C4)C5)nn3)cccc2c1=O.Cn1ccc2c([C@H](N)c3cn(C45CC(C4)C5)nn3)cccc2c1=O. The number of halogens is 3. The first-order valence-electron chi connectivity index (χ1n) is 29.4. The van der Waals surface area contributed by atoms with Gasteiger partial charge in [0.25, 0.3) is 11.1 Å². The van der Waals surface area contributed by atoms with Gasteiger partial charge in [0.2, 0.25) is 0 Å². The Morgan fingerprint density at radius 1 is 0.644 bits per heavy atom. The van der Waals surface area contributed by atoms with Crippen molar-refractivity contribution >= 4 is 93.9 Å². The highest BCUT2D eigenvalue weighted by Gasteiger charge is 2.59. The Bertz CT molecular complexity index is 4560. The van der Waals surface area contributed by atoms with Crippen LogP contribution < -0.4 is 27.5 Å². The molecular formula is C67H68BrCl2N15O2. The van der Waals surface area contributed by atoms with Crippen LogP contribution in [0.5, 0.6) is 0 Å². The Balaban J connectivity index is 0.000000141. The van der Waals surface area contributed by atoms with Gasteiger partial charge in [0.15, 0.2) is 0 Å². The van der Waals surface area contributed by atoms with Gasteiger partial charge in [0.1, 0.15) is 17.8 Å². The molecule has 0 spiro atoms. The smallest absolute Gasteiger partial charge is 0.258 e. The third-order valence-electron chi connectivity index (χ3n) is 17.8. The Hall–Kier alpha value is -8.00. The summed E-state index contributed by atoms with van der Waals surface area (Å²) in [5.41, 5.74) is 15.3. The molecule has 0 unspecified atom stereocenters. The van der Waals surface area contributed by atoms with Gasteiger partial charge in [-0.3, -0.25) is 19.6 Å².